The van der Waals surface area contributed by atoms with Crippen LogP contribution in [0.25, 0.3) is 0 Å². The molecule has 0 spiro atoms. The molecular weight excluding hydrogens is 212 g/mol. The molecule has 4 nitrogen and oxygen atoms in total. The summed E-state index contributed by atoms with van der Waals surface area (Å²) in [6.07, 6.45) is 2.51. The molecule has 86 valence electrons. The second-order valence-electron chi connectivity index (χ2n) is 4.37. The monoisotopic (exact) mass is 230 g/mol. The number of carboxylic acids is 1. The van der Waals surface area contributed by atoms with E-state index in [1.165, 1.54) is 0 Å². The van der Waals surface area contributed by atoms with E-state index in [0.29, 0.717) is 0 Å². The zero-order chi connectivity index (χ0) is 12.1. The molecule has 1 atom stereocenters. The molecule has 5 heteroatoms. The summed E-state index contributed by atoms with van der Waals surface area (Å²) < 4.78 is 5.19. The summed E-state index contributed by atoms with van der Waals surface area (Å²) in [5.41, 5.74) is -0.0663. The summed E-state index contributed by atoms with van der Waals surface area (Å²) in [4.78, 5) is 21.4. The van der Waals surface area contributed by atoms with Gasteiger partial charge in [-0.05, 0) is 6.42 Å². The van der Waals surface area contributed by atoms with Gasteiger partial charge in [0.1, 0.15) is 0 Å². The molecule has 0 aliphatic carbocycles. The van der Waals surface area contributed by atoms with E-state index in [9.17, 15) is 9.59 Å². The maximum absolute atomic E-state index is 11.2. The highest BCUT2D eigenvalue weighted by Gasteiger charge is 2.28. The first-order chi connectivity index (χ1) is 6.77. The largest absolute Gasteiger partial charge is 0.478 e. The molecule has 0 aromatic carbocycles. The highest BCUT2D eigenvalue weighted by atomic mass is 28.3. The van der Waals surface area contributed by atoms with E-state index in [1.807, 2.05) is 6.92 Å². The molecule has 15 heavy (non-hydrogen) atoms. The standard InChI is InChI=1S/C10H18O4Si/c1-5-10(15(2,3)4)14-9(13)7-6-8(11)12/h6-7,10H,5H2,1-4H3,(H,11,12). The predicted octanol–water partition coefficient (Wildman–Crippen LogP) is 1.83. The number of carbonyl (C=O) groups is 2. The molecule has 0 bridgehead atoms. The number of ether oxygens (including phenoxy) is 1. The van der Waals surface area contributed by atoms with Gasteiger partial charge in [0.25, 0.3) is 0 Å². The summed E-state index contributed by atoms with van der Waals surface area (Å²) >= 11 is 0. The number of carboxylic acid groups (broad SMARTS) is 1. The van der Waals surface area contributed by atoms with Gasteiger partial charge in [-0.3, -0.25) is 0 Å². The highest BCUT2D eigenvalue weighted by molar-refractivity contribution is 6.77. The fourth-order valence-corrected chi connectivity index (χ4v) is 2.89. The lowest BCUT2D eigenvalue weighted by Gasteiger charge is -2.26. The number of aliphatic carboxylic acids is 1. The maximum atomic E-state index is 11.2. The van der Waals surface area contributed by atoms with E-state index in [0.717, 1.165) is 18.6 Å². The molecule has 1 N–H and O–H groups in total. The van der Waals surface area contributed by atoms with Crippen LogP contribution in [0.5, 0.6) is 0 Å². The third kappa shape index (κ3) is 6.06. The molecule has 0 aliphatic heterocycles. The summed E-state index contributed by atoms with van der Waals surface area (Å²) in [6.45, 7) is 8.27. The van der Waals surface area contributed by atoms with Crippen molar-refractivity contribution in [3.63, 3.8) is 0 Å². The number of hydrogen-bond acceptors (Lipinski definition) is 3. The molecule has 0 aromatic heterocycles. The van der Waals surface area contributed by atoms with Crippen LogP contribution in [-0.4, -0.2) is 30.8 Å². The summed E-state index contributed by atoms with van der Waals surface area (Å²) in [6, 6.07) is 0. The average Bonchev–Trinajstić information content (AvgIpc) is 2.08. The quantitative estimate of drug-likeness (QED) is 0.444. The van der Waals surface area contributed by atoms with Crippen molar-refractivity contribution in [2.24, 2.45) is 0 Å². The number of esters is 1. The van der Waals surface area contributed by atoms with Crippen LogP contribution in [-0.2, 0) is 14.3 Å². The molecule has 0 heterocycles. The lowest BCUT2D eigenvalue weighted by Crippen LogP contribution is -2.41. The fourth-order valence-electron chi connectivity index (χ4n) is 1.19. The number of carbonyl (C=O) groups excluding carboxylic acids is 1. The van der Waals surface area contributed by atoms with Crippen molar-refractivity contribution in [1.82, 2.24) is 0 Å². The van der Waals surface area contributed by atoms with Crippen molar-refractivity contribution in [3.05, 3.63) is 12.2 Å². The molecule has 0 amide bonds. The lowest BCUT2D eigenvalue weighted by atomic mass is 10.5. The lowest BCUT2D eigenvalue weighted by molar-refractivity contribution is -0.140. The van der Waals surface area contributed by atoms with Crippen LogP contribution in [0.1, 0.15) is 13.3 Å². The fraction of sp³-hybridized carbons (Fsp3) is 0.600. The topological polar surface area (TPSA) is 63.6 Å². The Morgan fingerprint density at radius 3 is 2.20 bits per heavy atom. The molecule has 0 aliphatic rings. The van der Waals surface area contributed by atoms with Crippen LogP contribution in [0.3, 0.4) is 0 Å². The number of rotatable bonds is 5. The van der Waals surface area contributed by atoms with Gasteiger partial charge in [-0.1, -0.05) is 26.6 Å². The Hall–Kier alpha value is -1.10. The second kappa shape index (κ2) is 5.70. The third-order valence-corrected chi connectivity index (χ3v) is 4.42. The first-order valence-electron chi connectivity index (χ1n) is 4.89. The Balaban J connectivity index is 4.32. The van der Waals surface area contributed by atoms with Gasteiger partial charge >= 0.3 is 11.9 Å². The Kier molecular flexibility index (Phi) is 5.28. The molecule has 0 rings (SSSR count). The van der Waals surface area contributed by atoms with Gasteiger partial charge in [-0.15, -0.1) is 0 Å². The van der Waals surface area contributed by atoms with E-state index >= 15 is 0 Å². The van der Waals surface area contributed by atoms with E-state index < -0.39 is 20.0 Å². The van der Waals surface area contributed by atoms with Gasteiger partial charge in [0, 0.05) is 12.2 Å². The van der Waals surface area contributed by atoms with E-state index in [4.69, 9.17) is 9.84 Å². The van der Waals surface area contributed by atoms with Crippen LogP contribution in [0.2, 0.25) is 19.6 Å². The molecule has 0 aromatic rings. The molecule has 0 saturated carbocycles. The third-order valence-electron chi connectivity index (χ3n) is 1.96. The molecule has 1 unspecified atom stereocenters. The molecule has 0 saturated heterocycles. The minimum Gasteiger partial charge on any atom is -0.478 e. The Bertz CT molecular complexity index is 265. The van der Waals surface area contributed by atoms with E-state index in [2.05, 4.69) is 19.6 Å². The van der Waals surface area contributed by atoms with Crippen LogP contribution < -0.4 is 0 Å². The van der Waals surface area contributed by atoms with E-state index in [1.54, 1.807) is 0 Å². The minimum atomic E-state index is -1.53. The Labute approximate surface area is 90.9 Å². The second-order valence-corrected chi connectivity index (χ2v) is 9.75. The van der Waals surface area contributed by atoms with Crippen molar-refractivity contribution in [3.8, 4) is 0 Å². The van der Waals surface area contributed by atoms with Crippen LogP contribution in [0.15, 0.2) is 12.2 Å². The normalized spacial score (nSPS) is 13.9. The Morgan fingerprint density at radius 2 is 1.87 bits per heavy atom. The molecular formula is C10H18O4Si. The van der Waals surface area contributed by atoms with Crippen molar-refractivity contribution in [1.29, 1.82) is 0 Å². The van der Waals surface area contributed by atoms with Gasteiger partial charge in [0.15, 0.2) is 0 Å². The number of hydrogen-bond donors (Lipinski definition) is 1. The molecule has 0 radical (unpaired) electrons. The van der Waals surface area contributed by atoms with Crippen molar-refractivity contribution >= 4 is 20.0 Å². The zero-order valence-corrected chi connectivity index (χ0v) is 10.6. The van der Waals surface area contributed by atoms with Crippen molar-refractivity contribution in [2.75, 3.05) is 0 Å². The van der Waals surface area contributed by atoms with E-state index in [-0.39, 0.29) is 5.73 Å². The van der Waals surface area contributed by atoms with Crippen molar-refractivity contribution in [2.45, 2.75) is 38.7 Å². The average molecular weight is 230 g/mol. The maximum Gasteiger partial charge on any atom is 0.330 e. The van der Waals surface area contributed by atoms with Gasteiger partial charge in [-0.2, -0.15) is 0 Å². The SMILES string of the molecule is CCC(OC(=O)C=CC(=O)O)[Si](C)(C)C. The van der Waals surface area contributed by atoms with Crippen LogP contribution >= 0.6 is 0 Å². The zero-order valence-electron chi connectivity index (χ0n) is 9.61. The van der Waals surface area contributed by atoms with Crippen LogP contribution in [0.4, 0.5) is 0 Å². The van der Waals surface area contributed by atoms with Crippen LogP contribution in [0, 0.1) is 0 Å². The van der Waals surface area contributed by atoms with Gasteiger partial charge in [0.2, 0.25) is 0 Å². The first-order valence-corrected chi connectivity index (χ1v) is 8.46. The highest BCUT2D eigenvalue weighted by Crippen LogP contribution is 2.15. The predicted molar refractivity (Wildman–Crippen MR) is 60.3 cm³/mol. The first kappa shape index (κ1) is 13.9. The summed E-state index contributed by atoms with van der Waals surface area (Å²) in [5.74, 6) is -1.72. The minimum absolute atomic E-state index is 0.0663. The Morgan fingerprint density at radius 1 is 1.33 bits per heavy atom. The summed E-state index contributed by atoms with van der Waals surface area (Å²) in [7, 11) is -1.53. The summed E-state index contributed by atoms with van der Waals surface area (Å²) in [5, 5.41) is 8.33. The van der Waals surface area contributed by atoms with Crippen molar-refractivity contribution < 1.29 is 19.4 Å². The van der Waals surface area contributed by atoms with Gasteiger partial charge < -0.3 is 9.84 Å². The molecule has 0 fully saturated rings. The van der Waals surface area contributed by atoms with Gasteiger partial charge in [-0.25, -0.2) is 9.59 Å². The van der Waals surface area contributed by atoms with Gasteiger partial charge in [0.05, 0.1) is 13.8 Å². The smallest absolute Gasteiger partial charge is 0.330 e.